The highest BCUT2D eigenvalue weighted by atomic mass is 35.5. The van der Waals surface area contributed by atoms with E-state index in [-0.39, 0.29) is 22.9 Å². The fourth-order valence-electron chi connectivity index (χ4n) is 2.80. The molecule has 1 aliphatic rings. The highest BCUT2D eigenvalue weighted by Gasteiger charge is 2.46. The Hall–Kier alpha value is -1.37. The number of phosphoric ester groups is 1. The lowest BCUT2D eigenvalue weighted by Gasteiger charge is -2.20. The largest absolute Gasteiger partial charge is 0.529 e. The molecule has 0 aliphatic carbocycles. The molecular formula is C14H20ClN4O8P. The summed E-state index contributed by atoms with van der Waals surface area (Å²) in [6.07, 6.45) is -4.94. The molecule has 12 nitrogen and oxygen atoms in total. The highest BCUT2D eigenvalue weighted by Crippen LogP contribution is 2.46. The number of phosphoric acid groups is 1. The Morgan fingerprint density at radius 3 is 2.54 bits per heavy atom. The molecule has 0 aromatic carbocycles. The average Bonchev–Trinajstić information content (AvgIpc) is 3.12. The Bertz CT molecular complexity index is 911. The first-order chi connectivity index (χ1) is 13.2. The second kappa shape index (κ2) is 8.17. The van der Waals surface area contributed by atoms with Crippen molar-refractivity contribution in [3.8, 4) is 6.01 Å². The van der Waals surface area contributed by atoms with Crippen molar-refractivity contribution in [2.45, 2.75) is 44.8 Å². The Labute approximate surface area is 164 Å². The van der Waals surface area contributed by atoms with Crippen LogP contribution in [-0.2, 0) is 20.2 Å². The van der Waals surface area contributed by atoms with Crippen molar-refractivity contribution in [1.29, 1.82) is 0 Å². The number of imidazole rings is 1. The fourth-order valence-corrected chi connectivity index (χ4v) is 3.74. The number of aryl methyl sites for hydroxylation is 1. The van der Waals surface area contributed by atoms with Crippen molar-refractivity contribution in [3.63, 3.8) is 0 Å². The summed E-state index contributed by atoms with van der Waals surface area (Å²) in [7, 11) is -4.55. The molecule has 0 bridgehead atoms. The van der Waals surface area contributed by atoms with E-state index in [1.807, 2.05) is 0 Å². The third-order valence-corrected chi connectivity index (χ3v) is 5.33. The third kappa shape index (κ3) is 3.87. The first kappa shape index (κ1) is 21.3. The van der Waals surface area contributed by atoms with Gasteiger partial charge in [0.15, 0.2) is 17.0 Å². The normalized spacial score (nSPS) is 27.2. The molecule has 3 rings (SSSR count). The molecule has 0 saturated carbocycles. The molecule has 3 heterocycles. The van der Waals surface area contributed by atoms with E-state index in [4.69, 9.17) is 20.9 Å². The van der Waals surface area contributed by atoms with Gasteiger partial charge in [0.25, 0.3) is 0 Å². The lowest BCUT2D eigenvalue weighted by atomic mass is 10.1. The van der Waals surface area contributed by atoms with Crippen LogP contribution in [0.4, 0.5) is 0 Å². The van der Waals surface area contributed by atoms with Gasteiger partial charge in [0, 0.05) is 6.42 Å². The molecule has 4 N–H and O–H groups in total. The van der Waals surface area contributed by atoms with Crippen LogP contribution in [0.5, 0.6) is 6.01 Å². The van der Waals surface area contributed by atoms with Crippen LogP contribution in [-0.4, -0.2) is 71.3 Å². The van der Waals surface area contributed by atoms with Crippen LogP contribution in [0.2, 0.25) is 5.15 Å². The van der Waals surface area contributed by atoms with Crippen LogP contribution in [0, 0.1) is 0 Å². The number of hydrogen-bond donors (Lipinski definition) is 4. The van der Waals surface area contributed by atoms with Gasteiger partial charge in [-0.05, 0) is 6.92 Å². The minimum atomic E-state index is -4.55. The topological polar surface area (TPSA) is 169 Å². The van der Waals surface area contributed by atoms with E-state index < -0.39 is 45.0 Å². The van der Waals surface area contributed by atoms with E-state index in [0.29, 0.717) is 12.2 Å². The molecule has 28 heavy (non-hydrogen) atoms. The Morgan fingerprint density at radius 2 is 1.96 bits per heavy atom. The van der Waals surface area contributed by atoms with Crippen molar-refractivity contribution in [3.05, 3.63) is 11.0 Å². The van der Waals surface area contributed by atoms with E-state index in [2.05, 4.69) is 19.5 Å². The SMILES string of the molecule is CCOP(=O)(O)Oc1nc2c(Cl)nc(CC)nc2n1C1O[C@H](CO)[C@@H](O)[C@H]1O. The van der Waals surface area contributed by atoms with Gasteiger partial charge in [0.2, 0.25) is 0 Å². The van der Waals surface area contributed by atoms with Crippen LogP contribution < -0.4 is 4.52 Å². The fraction of sp³-hybridized carbons (Fsp3) is 0.643. The highest BCUT2D eigenvalue weighted by molar-refractivity contribution is 7.47. The van der Waals surface area contributed by atoms with Gasteiger partial charge in [-0.3, -0.25) is 9.42 Å². The second-order valence-electron chi connectivity index (χ2n) is 5.93. The number of aliphatic hydroxyl groups excluding tert-OH is 3. The molecule has 2 unspecified atom stereocenters. The van der Waals surface area contributed by atoms with Gasteiger partial charge in [0.05, 0.1) is 13.2 Å². The standard InChI is InChI=1S/C14H20ClN4O8P/c1-3-7-16-11(15)8-12(17-7)19(13-10(22)9(21)6(5-20)26-13)14(18-8)27-28(23,24)25-4-2/h6,9-10,13,20-22H,3-5H2,1-2H3,(H,23,24)/t6-,9-,10-,13?/m1/s1. The van der Waals surface area contributed by atoms with Crippen LogP contribution in [0.1, 0.15) is 25.9 Å². The molecule has 2 aromatic heterocycles. The predicted molar refractivity (Wildman–Crippen MR) is 94.8 cm³/mol. The van der Waals surface area contributed by atoms with E-state index in [1.165, 1.54) is 6.92 Å². The molecule has 1 aliphatic heterocycles. The monoisotopic (exact) mass is 438 g/mol. The number of rotatable bonds is 7. The van der Waals surface area contributed by atoms with Crippen molar-refractivity contribution in [2.24, 2.45) is 0 Å². The summed E-state index contributed by atoms with van der Waals surface area (Å²) < 4.78 is 28.4. The summed E-state index contributed by atoms with van der Waals surface area (Å²) >= 11 is 6.15. The molecule has 0 spiro atoms. The van der Waals surface area contributed by atoms with Crippen LogP contribution >= 0.6 is 19.4 Å². The summed E-state index contributed by atoms with van der Waals surface area (Å²) in [4.78, 5) is 22.2. The van der Waals surface area contributed by atoms with Crippen molar-refractivity contribution < 1.29 is 38.6 Å². The maximum Gasteiger partial charge on any atom is 0.529 e. The van der Waals surface area contributed by atoms with Gasteiger partial charge < -0.3 is 24.6 Å². The van der Waals surface area contributed by atoms with Crippen molar-refractivity contribution >= 4 is 30.6 Å². The lowest BCUT2D eigenvalue weighted by molar-refractivity contribution is -0.0532. The molecule has 5 atom stereocenters. The Balaban J connectivity index is 2.18. The number of fused-ring (bicyclic) bond motifs is 1. The molecule has 1 fully saturated rings. The van der Waals surface area contributed by atoms with Crippen molar-refractivity contribution in [1.82, 2.24) is 19.5 Å². The van der Waals surface area contributed by atoms with E-state index in [1.54, 1.807) is 6.92 Å². The summed E-state index contributed by atoms with van der Waals surface area (Å²) in [6.45, 7) is 2.61. The summed E-state index contributed by atoms with van der Waals surface area (Å²) in [5.41, 5.74) is 0.0845. The minimum Gasteiger partial charge on any atom is -0.394 e. The molecular weight excluding hydrogens is 419 g/mol. The molecule has 14 heteroatoms. The van der Waals surface area contributed by atoms with Gasteiger partial charge in [-0.1, -0.05) is 18.5 Å². The van der Waals surface area contributed by atoms with E-state index in [9.17, 15) is 24.8 Å². The summed E-state index contributed by atoms with van der Waals surface area (Å²) in [5.74, 6) is 0.342. The molecule has 2 aromatic rings. The summed E-state index contributed by atoms with van der Waals surface area (Å²) in [5, 5.41) is 29.7. The van der Waals surface area contributed by atoms with Crippen LogP contribution in [0.3, 0.4) is 0 Å². The van der Waals surface area contributed by atoms with Crippen LogP contribution in [0.25, 0.3) is 11.2 Å². The number of hydrogen-bond acceptors (Lipinski definition) is 10. The smallest absolute Gasteiger partial charge is 0.394 e. The third-order valence-electron chi connectivity index (χ3n) is 4.09. The predicted octanol–water partition coefficient (Wildman–Crippen LogP) is 0.169. The minimum absolute atomic E-state index is 0.0307. The number of ether oxygens (including phenoxy) is 1. The summed E-state index contributed by atoms with van der Waals surface area (Å²) in [6, 6.07) is -0.478. The average molecular weight is 439 g/mol. The quantitative estimate of drug-likeness (QED) is 0.343. The van der Waals surface area contributed by atoms with Crippen LogP contribution in [0.15, 0.2) is 0 Å². The zero-order chi connectivity index (χ0) is 20.6. The molecule has 1 saturated heterocycles. The molecule has 0 radical (unpaired) electrons. The number of nitrogens with zero attached hydrogens (tertiary/aromatic N) is 4. The first-order valence-corrected chi connectivity index (χ1v) is 10.3. The van der Waals surface area contributed by atoms with Gasteiger partial charge in [0.1, 0.15) is 29.7 Å². The molecule has 0 amide bonds. The van der Waals surface area contributed by atoms with E-state index in [0.717, 1.165) is 4.57 Å². The number of aliphatic hydroxyl groups is 3. The Kier molecular flexibility index (Phi) is 6.23. The zero-order valence-electron chi connectivity index (χ0n) is 15.0. The zero-order valence-corrected chi connectivity index (χ0v) is 16.6. The maximum absolute atomic E-state index is 12.1. The lowest BCUT2D eigenvalue weighted by Crippen LogP contribution is -2.33. The van der Waals surface area contributed by atoms with Crippen molar-refractivity contribution in [2.75, 3.05) is 13.2 Å². The maximum atomic E-state index is 12.1. The number of halogens is 1. The second-order valence-corrected chi connectivity index (χ2v) is 7.66. The Morgan fingerprint density at radius 1 is 1.25 bits per heavy atom. The molecule has 156 valence electrons. The van der Waals surface area contributed by atoms with E-state index >= 15 is 0 Å². The first-order valence-electron chi connectivity index (χ1n) is 8.46. The van der Waals surface area contributed by atoms with Gasteiger partial charge in [-0.2, -0.15) is 4.98 Å². The van der Waals surface area contributed by atoms with Gasteiger partial charge in [-0.25, -0.2) is 19.1 Å². The van der Waals surface area contributed by atoms with Gasteiger partial charge in [-0.15, -0.1) is 0 Å². The number of aromatic nitrogens is 4. The van der Waals surface area contributed by atoms with Gasteiger partial charge >= 0.3 is 13.8 Å².